The van der Waals surface area contributed by atoms with Gasteiger partial charge in [-0.3, -0.25) is 9.78 Å². The van der Waals surface area contributed by atoms with Gasteiger partial charge in [0.05, 0.1) is 0 Å². The molecule has 0 saturated heterocycles. The largest absolute Gasteiger partial charge is 0.300 e. The quantitative estimate of drug-likeness (QED) is 0.692. The molecule has 2 aliphatic rings. The number of pyridine rings is 1. The number of carbonyl (C=O) groups is 1. The first kappa shape index (κ1) is 10.9. The summed E-state index contributed by atoms with van der Waals surface area (Å²) in [4.78, 5) is 16.3. The molecule has 0 amide bonds. The van der Waals surface area contributed by atoms with Gasteiger partial charge >= 0.3 is 0 Å². The van der Waals surface area contributed by atoms with Crippen molar-refractivity contribution in [1.29, 1.82) is 0 Å². The number of Topliss-reactive ketones (excluding diaryl/α,β-unsaturated/α-hetero) is 1. The number of nitrogens with zero attached hydrogens (tertiary/aromatic N) is 1. The van der Waals surface area contributed by atoms with E-state index < -0.39 is 0 Å². The fourth-order valence-electron chi connectivity index (χ4n) is 3.47. The molecule has 0 aromatic carbocycles. The predicted octanol–water partition coefficient (Wildman–Crippen LogP) is 3.26. The van der Waals surface area contributed by atoms with E-state index in [0.29, 0.717) is 17.6 Å². The number of hydrogen-bond acceptors (Lipinski definition) is 2. The van der Waals surface area contributed by atoms with E-state index >= 15 is 0 Å². The van der Waals surface area contributed by atoms with E-state index in [4.69, 9.17) is 0 Å². The first-order valence-corrected chi connectivity index (χ1v) is 6.80. The molecule has 0 radical (unpaired) electrons. The van der Waals surface area contributed by atoms with E-state index in [-0.39, 0.29) is 0 Å². The van der Waals surface area contributed by atoms with E-state index in [1.54, 1.807) is 0 Å². The molecule has 2 aliphatic carbocycles. The molecule has 1 saturated carbocycles. The van der Waals surface area contributed by atoms with Crippen LogP contribution in [0.25, 0.3) is 0 Å². The summed E-state index contributed by atoms with van der Waals surface area (Å²) in [5, 5.41) is 0. The minimum absolute atomic E-state index is 0.469. The summed E-state index contributed by atoms with van der Waals surface area (Å²) in [5.41, 5.74) is 2.70. The first-order valence-electron chi connectivity index (χ1n) is 6.80. The molecule has 17 heavy (non-hydrogen) atoms. The zero-order valence-corrected chi connectivity index (χ0v) is 10.2. The van der Waals surface area contributed by atoms with Crippen molar-refractivity contribution in [1.82, 2.24) is 4.98 Å². The molecule has 0 spiro atoms. The maximum Gasteiger partial charge on any atom is 0.133 e. The van der Waals surface area contributed by atoms with Crippen molar-refractivity contribution >= 4 is 5.78 Å². The fraction of sp³-hybridized carbons (Fsp3) is 0.600. The van der Waals surface area contributed by atoms with Crippen LogP contribution in [0.3, 0.4) is 0 Å². The van der Waals surface area contributed by atoms with E-state index in [1.165, 1.54) is 30.5 Å². The molecule has 1 fully saturated rings. The average molecular weight is 229 g/mol. The molecule has 2 heteroatoms. The zero-order valence-electron chi connectivity index (χ0n) is 10.2. The van der Waals surface area contributed by atoms with Crippen molar-refractivity contribution in [3.63, 3.8) is 0 Å². The summed E-state index contributed by atoms with van der Waals surface area (Å²) in [6.07, 6.45) is 9.37. The number of rotatable bonds is 1. The van der Waals surface area contributed by atoms with Crippen LogP contribution in [0, 0.1) is 5.92 Å². The van der Waals surface area contributed by atoms with Crippen molar-refractivity contribution in [2.75, 3.05) is 0 Å². The van der Waals surface area contributed by atoms with Crippen LogP contribution in [-0.4, -0.2) is 10.8 Å². The van der Waals surface area contributed by atoms with E-state index in [0.717, 1.165) is 25.7 Å². The molecule has 2 unspecified atom stereocenters. The second-order valence-electron chi connectivity index (χ2n) is 5.44. The summed E-state index contributed by atoms with van der Waals surface area (Å²) < 4.78 is 0. The third-order valence-electron chi connectivity index (χ3n) is 4.34. The van der Waals surface area contributed by atoms with Gasteiger partial charge in [-0.15, -0.1) is 0 Å². The Hall–Kier alpha value is -1.18. The molecule has 1 aromatic rings. The van der Waals surface area contributed by atoms with Crippen molar-refractivity contribution in [2.24, 2.45) is 5.92 Å². The van der Waals surface area contributed by atoms with Gasteiger partial charge in [0.1, 0.15) is 5.78 Å². The van der Waals surface area contributed by atoms with E-state index in [1.807, 2.05) is 12.3 Å². The second-order valence-corrected chi connectivity index (χ2v) is 5.44. The summed E-state index contributed by atoms with van der Waals surface area (Å²) in [6.45, 7) is 0. The SMILES string of the molecule is O=C1CCCCC(C2CCc3cccnc32)C1. The Morgan fingerprint density at radius 1 is 1.18 bits per heavy atom. The maximum atomic E-state index is 11.7. The van der Waals surface area contributed by atoms with Crippen LogP contribution < -0.4 is 0 Å². The number of aryl methyl sites for hydroxylation is 1. The summed E-state index contributed by atoms with van der Waals surface area (Å²) in [5.74, 6) is 1.58. The van der Waals surface area contributed by atoms with Gasteiger partial charge in [0.2, 0.25) is 0 Å². The lowest BCUT2D eigenvalue weighted by molar-refractivity contribution is -0.119. The summed E-state index contributed by atoms with van der Waals surface area (Å²) in [7, 11) is 0. The minimum Gasteiger partial charge on any atom is -0.300 e. The Kier molecular flexibility index (Phi) is 2.96. The van der Waals surface area contributed by atoms with Gasteiger partial charge in [0.25, 0.3) is 0 Å². The van der Waals surface area contributed by atoms with Gasteiger partial charge in [-0.2, -0.15) is 0 Å². The Labute approximate surface area is 102 Å². The summed E-state index contributed by atoms with van der Waals surface area (Å²) in [6, 6.07) is 4.22. The molecule has 1 aromatic heterocycles. The van der Waals surface area contributed by atoms with Crippen LogP contribution in [-0.2, 0) is 11.2 Å². The highest BCUT2D eigenvalue weighted by Gasteiger charge is 2.32. The Balaban J connectivity index is 1.83. The van der Waals surface area contributed by atoms with Crippen LogP contribution in [0.5, 0.6) is 0 Å². The molecule has 0 bridgehead atoms. The lowest BCUT2D eigenvalue weighted by Gasteiger charge is -2.21. The van der Waals surface area contributed by atoms with Gasteiger partial charge < -0.3 is 0 Å². The highest BCUT2D eigenvalue weighted by atomic mass is 16.1. The Morgan fingerprint density at radius 2 is 2.12 bits per heavy atom. The smallest absolute Gasteiger partial charge is 0.133 e. The van der Waals surface area contributed by atoms with Gasteiger partial charge in [-0.25, -0.2) is 0 Å². The molecule has 2 atom stereocenters. The highest BCUT2D eigenvalue weighted by molar-refractivity contribution is 5.79. The van der Waals surface area contributed by atoms with Crippen LogP contribution in [0.1, 0.15) is 55.7 Å². The molecule has 0 N–H and O–H groups in total. The number of fused-ring (bicyclic) bond motifs is 1. The molecular formula is C15H19NO. The predicted molar refractivity (Wildman–Crippen MR) is 66.9 cm³/mol. The number of hydrogen-bond donors (Lipinski definition) is 0. The molecule has 0 aliphatic heterocycles. The standard InChI is InChI=1S/C15H19NO/c17-13-6-2-1-4-12(10-13)14-8-7-11-5-3-9-16-15(11)14/h3,5,9,12,14H,1-2,4,6-8,10H2. The molecular weight excluding hydrogens is 210 g/mol. The van der Waals surface area contributed by atoms with Crippen LogP contribution in [0.4, 0.5) is 0 Å². The Bertz CT molecular complexity index is 427. The van der Waals surface area contributed by atoms with Gasteiger partial charge in [-0.05, 0) is 43.2 Å². The fourth-order valence-corrected chi connectivity index (χ4v) is 3.47. The first-order chi connectivity index (χ1) is 8.34. The maximum absolute atomic E-state index is 11.7. The third-order valence-corrected chi connectivity index (χ3v) is 4.34. The zero-order chi connectivity index (χ0) is 11.7. The van der Waals surface area contributed by atoms with Crippen molar-refractivity contribution in [3.05, 3.63) is 29.6 Å². The topological polar surface area (TPSA) is 30.0 Å². The average Bonchev–Trinajstić information content (AvgIpc) is 2.66. The van der Waals surface area contributed by atoms with E-state index in [2.05, 4.69) is 11.1 Å². The van der Waals surface area contributed by atoms with E-state index in [9.17, 15) is 4.79 Å². The van der Waals surface area contributed by atoms with Crippen LogP contribution >= 0.6 is 0 Å². The molecule has 90 valence electrons. The number of ketones is 1. The van der Waals surface area contributed by atoms with Crippen LogP contribution in [0.2, 0.25) is 0 Å². The lowest BCUT2D eigenvalue weighted by atomic mass is 9.84. The van der Waals surface area contributed by atoms with Gasteiger partial charge in [-0.1, -0.05) is 12.5 Å². The summed E-state index contributed by atoms with van der Waals surface area (Å²) >= 11 is 0. The van der Waals surface area contributed by atoms with Crippen LogP contribution in [0.15, 0.2) is 18.3 Å². The normalized spacial score (nSPS) is 28.8. The van der Waals surface area contributed by atoms with Crippen molar-refractivity contribution < 1.29 is 4.79 Å². The van der Waals surface area contributed by atoms with Crippen molar-refractivity contribution in [2.45, 2.75) is 50.9 Å². The van der Waals surface area contributed by atoms with Gasteiger partial charge in [0, 0.05) is 30.7 Å². The lowest BCUT2D eigenvalue weighted by Crippen LogP contribution is -2.14. The number of carbonyl (C=O) groups excluding carboxylic acids is 1. The van der Waals surface area contributed by atoms with Gasteiger partial charge in [0.15, 0.2) is 0 Å². The molecule has 1 heterocycles. The second kappa shape index (κ2) is 4.59. The number of aromatic nitrogens is 1. The Morgan fingerprint density at radius 3 is 3.06 bits per heavy atom. The minimum atomic E-state index is 0.469. The highest BCUT2D eigenvalue weighted by Crippen LogP contribution is 2.41. The molecule has 3 rings (SSSR count). The molecule has 2 nitrogen and oxygen atoms in total. The monoisotopic (exact) mass is 229 g/mol. The van der Waals surface area contributed by atoms with Crippen molar-refractivity contribution in [3.8, 4) is 0 Å². The third kappa shape index (κ3) is 2.13.